The summed E-state index contributed by atoms with van der Waals surface area (Å²) in [6.07, 6.45) is 1.26. The van der Waals surface area contributed by atoms with E-state index in [2.05, 4.69) is 15.3 Å². The number of aryl methyl sites for hydroxylation is 1. The van der Waals surface area contributed by atoms with Crippen LogP contribution in [0.1, 0.15) is 29.9 Å². The van der Waals surface area contributed by atoms with Gasteiger partial charge in [-0.05, 0) is 45.0 Å². The van der Waals surface area contributed by atoms with Crippen molar-refractivity contribution in [3.8, 4) is 0 Å². The standard InChI is InChI=1S/C19H18ClN3O2/c1-11(2)25-19(24)14-10-21-18-13(9-8-12(3)22-18)17(14)23-16-7-5-4-6-15(16)20/h4-11H,1-3H3,(H,21,22,23). The van der Waals surface area contributed by atoms with Crippen LogP contribution in [0.5, 0.6) is 0 Å². The van der Waals surface area contributed by atoms with Crippen molar-refractivity contribution in [3.05, 3.63) is 58.9 Å². The molecule has 1 aromatic carbocycles. The molecule has 0 saturated heterocycles. The molecule has 0 atom stereocenters. The molecule has 128 valence electrons. The van der Waals surface area contributed by atoms with Crippen LogP contribution in [-0.2, 0) is 4.74 Å². The lowest BCUT2D eigenvalue weighted by Crippen LogP contribution is -2.14. The van der Waals surface area contributed by atoms with Crippen LogP contribution in [0.3, 0.4) is 0 Å². The van der Waals surface area contributed by atoms with E-state index in [1.54, 1.807) is 19.9 Å². The molecule has 2 aromatic heterocycles. The lowest BCUT2D eigenvalue weighted by molar-refractivity contribution is 0.0379. The molecule has 0 aliphatic heterocycles. The third-order valence-electron chi connectivity index (χ3n) is 3.57. The van der Waals surface area contributed by atoms with Crippen LogP contribution in [0.2, 0.25) is 5.02 Å². The smallest absolute Gasteiger partial charge is 0.342 e. The highest BCUT2D eigenvalue weighted by atomic mass is 35.5. The number of carbonyl (C=O) groups excluding carboxylic acids is 1. The third-order valence-corrected chi connectivity index (χ3v) is 3.89. The summed E-state index contributed by atoms with van der Waals surface area (Å²) in [4.78, 5) is 21.2. The monoisotopic (exact) mass is 355 g/mol. The number of benzene rings is 1. The van der Waals surface area contributed by atoms with Gasteiger partial charge in [-0.1, -0.05) is 23.7 Å². The Balaban J connectivity index is 2.17. The second-order valence-corrected chi connectivity index (χ2v) is 6.34. The number of nitrogens with one attached hydrogen (secondary N) is 1. The number of pyridine rings is 2. The van der Waals surface area contributed by atoms with Gasteiger partial charge in [-0.2, -0.15) is 0 Å². The van der Waals surface area contributed by atoms with Gasteiger partial charge < -0.3 is 10.1 Å². The Morgan fingerprint density at radius 3 is 2.68 bits per heavy atom. The fourth-order valence-electron chi connectivity index (χ4n) is 2.44. The van der Waals surface area contributed by atoms with Crippen LogP contribution in [0.25, 0.3) is 11.0 Å². The molecule has 1 N–H and O–H groups in total. The molecule has 5 nitrogen and oxygen atoms in total. The Morgan fingerprint density at radius 2 is 1.96 bits per heavy atom. The van der Waals surface area contributed by atoms with E-state index in [-0.39, 0.29) is 6.10 Å². The van der Waals surface area contributed by atoms with E-state index in [0.717, 1.165) is 11.1 Å². The minimum atomic E-state index is -0.445. The molecule has 0 aliphatic rings. The molecule has 0 unspecified atom stereocenters. The topological polar surface area (TPSA) is 64.1 Å². The highest BCUT2D eigenvalue weighted by Gasteiger charge is 2.19. The number of rotatable bonds is 4. The molecule has 0 fully saturated rings. The van der Waals surface area contributed by atoms with Crippen LogP contribution in [-0.4, -0.2) is 22.0 Å². The van der Waals surface area contributed by atoms with Crippen molar-refractivity contribution in [1.29, 1.82) is 0 Å². The number of halogens is 1. The molecule has 0 radical (unpaired) electrons. The Hall–Kier alpha value is -2.66. The van der Waals surface area contributed by atoms with Gasteiger partial charge in [0.05, 0.1) is 22.5 Å². The zero-order valence-corrected chi connectivity index (χ0v) is 15.0. The van der Waals surface area contributed by atoms with Gasteiger partial charge in [-0.15, -0.1) is 0 Å². The molecule has 0 bridgehead atoms. The van der Waals surface area contributed by atoms with Gasteiger partial charge in [0, 0.05) is 17.3 Å². The second-order valence-electron chi connectivity index (χ2n) is 5.93. The number of anilines is 2. The first kappa shape index (κ1) is 17.2. The quantitative estimate of drug-likeness (QED) is 0.674. The van der Waals surface area contributed by atoms with Gasteiger partial charge in [0.2, 0.25) is 0 Å². The van der Waals surface area contributed by atoms with Gasteiger partial charge in [0.15, 0.2) is 5.65 Å². The lowest BCUT2D eigenvalue weighted by Gasteiger charge is -2.16. The van der Waals surface area contributed by atoms with E-state index in [1.807, 2.05) is 37.3 Å². The van der Waals surface area contributed by atoms with E-state index in [1.165, 1.54) is 6.20 Å². The van der Waals surface area contributed by atoms with Gasteiger partial charge >= 0.3 is 5.97 Å². The van der Waals surface area contributed by atoms with Gasteiger partial charge in [-0.3, -0.25) is 0 Å². The average Bonchev–Trinajstić information content (AvgIpc) is 2.56. The summed E-state index contributed by atoms with van der Waals surface area (Å²) in [5.74, 6) is -0.445. The van der Waals surface area contributed by atoms with E-state index in [4.69, 9.17) is 16.3 Å². The largest absolute Gasteiger partial charge is 0.459 e. The van der Waals surface area contributed by atoms with Crippen molar-refractivity contribution in [2.75, 3.05) is 5.32 Å². The minimum absolute atomic E-state index is 0.229. The Bertz CT molecular complexity index is 941. The number of ether oxygens (including phenoxy) is 1. The predicted molar refractivity (Wildman–Crippen MR) is 99.6 cm³/mol. The SMILES string of the molecule is Cc1ccc2c(Nc3ccccc3Cl)c(C(=O)OC(C)C)cnc2n1. The summed E-state index contributed by atoms with van der Waals surface area (Å²) in [5.41, 5.74) is 3.01. The molecule has 0 saturated carbocycles. The van der Waals surface area contributed by atoms with Crippen LogP contribution in [0.4, 0.5) is 11.4 Å². The van der Waals surface area contributed by atoms with Crippen LogP contribution in [0, 0.1) is 6.92 Å². The molecular formula is C19H18ClN3O2. The Morgan fingerprint density at radius 1 is 1.20 bits per heavy atom. The van der Waals surface area contributed by atoms with Crippen molar-refractivity contribution < 1.29 is 9.53 Å². The van der Waals surface area contributed by atoms with E-state index in [0.29, 0.717) is 27.6 Å². The number of nitrogens with zero attached hydrogens (tertiary/aromatic N) is 2. The maximum atomic E-state index is 12.5. The molecular weight excluding hydrogens is 338 g/mol. The van der Waals surface area contributed by atoms with Crippen LogP contribution >= 0.6 is 11.6 Å². The Labute approximate surface area is 151 Å². The van der Waals surface area contributed by atoms with E-state index >= 15 is 0 Å². The van der Waals surface area contributed by atoms with Crippen LogP contribution in [0.15, 0.2) is 42.6 Å². The molecule has 0 amide bonds. The lowest BCUT2D eigenvalue weighted by atomic mass is 10.1. The molecule has 2 heterocycles. The number of aromatic nitrogens is 2. The fourth-order valence-corrected chi connectivity index (χ4v) is 2.62. The van der Waals surface area contributed by atoms with Gasteiger partial charge in [0.1, 0.15) is 5.56 Å². The second kappa shape index (κ2) is 7.07. The highest BCUT2D eigenvalue weighted by Crippen LogP contribution is 2.32. The fraction of sp³-hybridized carbons (Fsp3) is 0.211. The summed E-state index contributed by atoms with van der Waals surface area (Å²) >= 11 is 6.26. The van der Waals surface area contributed by atoms with E-state index in [9.17, 15) is 4.79 Å². The molecule has 25 heavy (non-hydrogen) atoms. The number of esters is 1. The maximum Gasteiger partial charge on any atom is 0.342 e. The predicted octanol–water partition coefficient (Wildman–Crippen LogP) is 4.90. The summed E-state index contributed by atoms with van der Waals surface area (Å²) in [6, 6.07) is 11.1. The molecule has 0 aliphatic carbocycles. The highest BCUT2D eigenvalue weighted by molar-refractivity contribution is 6.33. The number of carbonyl (C=O) groups is 1. The first-order valence-corrected chi connectivity index (χ1v) is 8.32. The summed E-state index contributed by atoms with van der Waals surface area (Å²) in [6.45, 7) is 5.50. The Kier molecular flexibility index (Phi) is 4.86. The van der Waals surface area contributed by atoms with Crippen molar-refractivity contribution in [2.45, 2.75) is 26.9 Å². The van der Waals surface area contributed by atoms with E-state index < -0.39 is 5.97 Å². The van der Waals surface area contributed by atoms with Crippen molar-refractivity contribution in [1.82, 2.24) is 9.97 Å². The number of hydrogen-bond donors (Lipinski definition) is 1. The van der Waals surface area contributed by atoms with Gasteiger partial charge in [0.25, 0.3) is 0 Å². The molecule has 3 rings (SSSR count). The number of hydrogen-bond acceptors (Lipinski definition) is 5. The maximum absolute atomic E-state index is 12.5. The summed E-state index contributed by atoms with van der Waals surface area (Å²) < 4.78 is 5.35. The third kappa shape index (κ3) is 3.72. The van der Waals surface area contributed by atoms with Gasteiger partial charge in [-0.25, -0.2) is 14.8 Å². The molecule has 0 spiro atoms. The van der Waals surface area contributed by atoms with Crippen molar-refractivity contribution >= 4 is 40.0 Å². The van der Waals surface area contributed by atoms with Crippen molar-refractivity contribution in [2.24, 2.45) is 0 Å². The average molecular weight is 356 g/mol. The van der Waals surface area contributed by atoms with Crippen LogP contribution < -0.4 is 5.32 Å². The summed E-state index contributed by atoms with van der Waals surface area (Å²) in [7, 11) is 0. The first-order valence-electron chi connectivity index (χ1n) is 7.94. The molecule has 6 heteroatoms. The first-order chi connectivity index (χ1) is 12.0. The normalized spacial score (nSPS) is 10.9. The number of fused-ring (bicyclic) bond motifs is 1. The molecule has 3 aromatic rings. The summed E-state index contributed by atoms with van der Waals surface area (Å²) in [5, 5.41) is 4.52. The number of para-hydroxylation sites is 1. The zero-order valence-electron chi connectivity index (χ0n) is 14.2. The zero-order chi connectivity index (χ0) is 18.0. The minimum Gasteiger partial charge on any atom is -0.459 e. The van der Waals surface area contributed by atoms with Crippen molar-refractivity contribution in [3.63, 3.8) is 0 Å².